The maximum Gasteiger partial charge on any atom is 3.00 e. The average molecular weight is 678 g/mol. The molecule has 0 unspecified atom stereocenters. The molecular weight excluding hydrogens is 678 g/mol. The fourth-order valence-electron chi connectivity index (χ4n) is 0. The van der Waals surface area contributed by atoms with Gasteiger partial charge in [-0.15, -0.1) is 0 Å². The molecule has 0 saturated carbocycles. The molecule has 8 heavy (non-hydrogen) atoms. The number of hydrogen-bond donors (Lipinski definition) is 0. The van der Waals surface area contributed by atoms with Crippen molar-refractivity contribution in [1.82, 2.24) is 0 Å². The van der Waals surface area contributed by atoms with Gasteiger partial charge in [0.2, 0.25) is 0 Å². The summed E-state index contributed by atoms with van der Waals surface area (Å²) in [6.07, 6.45) is 0. The van der Waals surface area contributed by atoms with E-state index in [2.05, 4.69) is 0 Å². The molecule has 40 valence electrons. The van der Waals surface area contributed by atoms with Gasteiger partial charge >= 0.3 is 123 Å². The van der Waals surface area contributed by atoms with E-state index in [4.69, 9.17) is 0 Å². The number of halogens is 5. The van der Waals surface area contributed by atoms with Crippen molar-refractivity contribution in [2.45, 2.75) is 0 Å². The van der Waals surface area contributed by atoms with Gasteiger partial charge < -0.3 is 84.9 Å². The average Bonchev–Trinajstić information content (AvgIpc) is 0. The Balaban J connectivity index is 0. The van der Waals surface area contributed by atoms with Gasteiger partial charge in [0, 0.05) is 0 Å². The Morgan fingerprint density at radius 3 is 0.500 bits per heavy atom. The van der Waals surface area contributed by atoms with Crippen LogP contribution in [0.3, 0.4) is 0 Å². The number of hydrogen-bond acceptors (Lipinski definition) is 0. The molecule has 0 aromatic rings. The first-order valence-corrected chi connectivity index (χ1v) is 0. The van der Waals surface area contributed by atoms with Crippen molar-refractivity contribution in [3.63, 3.8) is 0 Å². The van der Waals surface area contributed by atoms with E-state index in [0.29, 0.717) is 0 Å². The van der Waals surface area contributed by atoms with Crippen molar-refractivity contribution in [3.8, 4) is 0 Å². The van der Waals surface area contributed by atoms with Crippen molar-refractivity contribution < 1.29 is 208 Å². The summed E-state index contributed by atoms with van der Waals surface area (Å²) in [6, 6.07) is 0. The molecule has 0 fully saturated rings. The van der Waals surface area contributed by atoms with Crippen molar-refractivity contribution >= 4 is 0 Å². The summed E-state index contributed by atoms with van der Waals surface area (Å²) >= 11 is 0. The second kappa shape index (κ2) is 50.9. The smallest absolute Gasteiger partial charge is 1.00 e. The van der Waals surface area contributed by atoms with E-state index in [9.17, 15) is 0 Å². The Labute approximate surface area is 202 Å². The second-order valence-corrected chi connectivity index (χ2v) is 0. The van der Waals surface area contributed by atoms with Crippen LogP contribution in [0.1, 0.15) is 0 Å². The maximum absolute atomic E-state index is 0. The summed E-state index contributed by atoms with van der Waals surface area (Å²) in [5, 5.41) is 0. The molecule has 0 aromatic heterocycles. The van der Waals surface area contributed by atoms with Gasteiger partial charge in [0.1, 0.15) is 0 Å². The molecule has 0 spiro atoms. The van der Waals surface area contributed by atoms with Crippen molar-refractivity contribution in [3.05, 3.63) is 0 Å². The van der Waals surface area contributed by atoms with E-state index in [0.717, 1.165) is 0 Å². The van der Waals surface area contributed by atoms with Gasteiger partial charge in [0.15, 0.2) is 0 Å². The summed E-state index contributed by atoms with van der Waals surface area (Å²) < 4.78 is 0. The summed E-state index contributed by atoms with van der Waals surface area (Å²) in [5.74, 6) is 0. The fourth-order valence-corrected chi connectivity index (χ4v) is 0. The quantitative estimate of drug-likeness (QED) is 0.224. The minimum absolute atomic E-state index is 0. The van der Waals surface area contributed by atoms with Crippen LogP contribution >= 0.6 is 0 Å². The molecule has 0 aliphatic carbocycles. The van der Waals surface area contributed by atoms with E-state index in [1.54, 1.807) is 0 Å². The Hall–Kier alpha value is 6.24. The molecule has 0 N–H and O–H groups in total. The van der Waals surface area contributed by atoms with Crippen molar-refractivity contribution in [2.24, 2.45) is 0 Å². The van der Waals surface area contributed by atoms with Crippen LogP contribution in [0.5, 0.6) is 0 Å². The van der Waals surface area contributed by atoms with Crippen LogP contribution in [0.15, 0.2) is 0 Å². The van der Waals surface area contributed by atoms with Crippen molar-refractivity contribution in [1.29, 1.82) is 0 Å². The molecule has 0 aromatic carbocycles. The van der Waals surface area contributed by atoms with E-state index in [1.165, 1.54) is 0 Å². The van der Waals surface area contributed by atoms with Gasteiger partial charge in [-0.05, 0) is 0 Å². The third kappa shape index (κ3) is 39.7. The monoisotopic (exact) mass is 673 g/mol. The molecule has 0 radical (unpaired) electrons. The normalized spacial score (nSPS) is 0. The fraction of sp³-hybridized carbons (Fsp3) is 0. The summed E-state index contributed by atoms with van der Waals surface area (Å²) in [6.45, 7) is 0. The predicted molar refractivity (Wildman–Crippen MR) is 0 cm³/mol. The number of rotatable bonds is 0. The third-order valence-corrected chi connectivity index (χ3v) is 0. The van der Waals surface area contributed by atoms with Crippen LogP contribution in [0.4, 0.5) is 0 Å². The first kappa shape index (κ1) is 64.1. The van der Waals surface area contributed by atoms with Gasteiger partial charge in [-0.2, -0.15) is 0 Å². The molecule has 0 bridgehead atoms. The SMILES string of the molecule is [Br-].[Br-].[Br-].[Br-].[Br-].[Cs+].[La+3].[Li+]. The first-order chi connectivity index (χ1) is 0. The molecule has 0 heterocycles. The zero-order chi connectivity index (χ0) is 0. The minimum Gasteiger partial charge on any atom is -1.00 e. The zero-order valence-corrected chi connectivity index (χ0v) is 22.3. The predicted octanol–water partition coefficient (Wildman–Crippen LogP) is -21.0. The Morgan fingerprint density at radius 1 is 0.500 bits per heavy atom. The van der Waals surface area contributed by atoms with Crippen molar-refractivity contribution in [2.75, 3.05) is 0 Å². The largest absolute Gasteiger partial charge is 3.00 e. The van der Waals surface area contributed by atoms with E-state index < -0.39 is 0 Å². The van der Waals surface area contributed by atoms with Gasteiger partial charge in [0.25, 0.3) is 0 Å². The van der Waals surface area contributed by atoms with Crippen LogP contribution in [-0.4, -0.2) is 0 Å². The summed E-state index contributed by atoms with van der Waals surface area (Å²) in [4.78, 5) is 0. The molecule has 0 aliphatic rings. The first-order valence-electron chi connectivity index (χ1n) is 0. The second-order valence-electron chi connectivity index (χ2n) is 0. The Kier molecular flexibility index (Phi) is 408. The molecule has 0 amide bonds. The van der Waals surface area contributed by atoms with E-state index >= 15 is 0 Å². The molecule has 0 atom stereocenters. The zero-order valence-electron chi connectivity index (χ0n) is 4.47. The molecule has 0 rings (SSSR count). The topological polar surface area (TPSA) is 0 Å². The van der Waals surface area contributed by atoms with Crippen LogP contribution in [0.25, 0.3) is 0 Å². The van der Waals surface area contributed by atoms with Crippen LogP contribution in [0.2, 0.25) is 0 Å². The van der Waals surface area contributed by atoms with Gasteiger partial charge in [0.05, 0.1) is 0 Å². The standard InChI is InChI=1S/5BrH.Cs.La.Li/h5*1H;;;/q;;;;;+1;+3;+1/p-5. The summed E-state index contributed by atoms with van der Waals surface area (Å²) in [7, 11) is 0. The minimum atomic E-state index is 0. The summed E-state index contributed by atoms with van der Waals surface area (Å²) in [5.41, 5.74) is 0. The van der Waals surface area contributed by atoms with Crippen LogP contribution in [0, 0.1) is 35.6 Å². The van der Waals surface area contributed by atoms with Gasteiger partial charge in [-0.25, -0.2) is 0 Å². The van der Waals surface area contributed by atoms with Crippen LogP contribution < -0.4 is 173 Å². The van der Waals surface area contributed by atoms with Gasteiger partial charge in [-0.3, -0.25) is 0 Å². The van der Waals surface area contributed by atoms with Gasteiger partial charge in [-0.1, -0.05) is 0 Å². The third-order valence-electron chi connectivity index (χ3n) is 0. The van der Waals surface area contributed by atoms with E-state index in [1.807, 2.05) is 0 Å². The molecular formula is Br5CsLaLi. The molecule has 0 aliphatic heterocycles. The molecule has 0 nitrogen and oxygen atoms in total. The molecule has 8 heteroatoms. The maximum atomic E-state index is 0. The molecule has 0 saturated heterocycles. The Bertz CT molecular complexity index is 12.4. The van der Waals surface area contributed by atoms with Crippen LogP contribution in [-0.2, 0) is 0 Å². The van der Waals surface area contributed by atoms with E-state index in [-0.39, 0.29) is 208 Å². The Morgan fingerprint density at radius 2 is 0.500 bits per heavy atom.